The Balaban J connectivity index is 1.99. The van der Waals surface area contributed by atoms with E-state index in [4.69, 9.17) is 5.11 Å². The monoisotopic (exact) mass is 225 g/mol. The molecule has 1 heterocycles. The molecule has 0 aromatic carbocycles. The number of nitrogens with one attached hydrogen (secondary N) is 1. The first-order valence-corrected chi connectivity index (χ1v) is 7.02. The number of hydrogen-bond donors (Lipinski definition) is 2. The van der Waals surface area contributed by atoms with Gasteiger partial charge >= 0.3 is 0 Å². The molecule has 16 heavy (non-hydrogen) atoms. The van der Waals surface area contributed by atoms with Crippen molar-refractivity contribution in [3.8, 4) is 0 Å². The Kier molecular flexibility index (Phi) is 3.91. The second-order valence-electron chi connectivity index (χ2n) is 6.06. The number of aliphatic hydroxyl groups is 1. The predicted molar refractivity (Wildman–Crippen MR) is 67.2 cm³/mol. The molecule has 0 aromatic heterocycles. The van der Waals surface area contributed by atoms with Gasteiger partial charge in [0.2, 0.25) is 0 Å². The molecule has 2 nitrogen and oxygen atoms in total. The number of fused-ring (bicyclic) bond motifs is 1. The molecule has 2 heteroatoms. The molecule has 6 atom stereocenters. The SMILES string of the molecule is CC1CCC2C(C)C2C(CCCO)C(C)N1. The van der Waals surface area contributed by atoms with Crippen molar-refractivity contribution in [1.82, 2.24) is 5.32 Å². The van der Waals surface area contributed by atoms with Gasteiger partial charge in [0.05, 0.1) is 0 Å². The standard InChI is InChI=1S/C14H27NO/c1-9-6-7-12-10(2)14(12)13(5-4-8-16)11(3)15-9/h9-16H,4-8H2,1-3H3. The van der Waals surface area contributed by atoms with Gasteiger partial charge in [0, 0.05) is 18.7 Å². The van der Waals surface area contributed by atoms with Crippen LogP contribution in [0.3, 0.4) is 0 Å². The maximum atomic E-state index is 9.01. The van der Waals surface area contributed by atoms with Gasteiger partial charge in [-0.1, -0.05) is 6.92 Å². The third kappa shape index (κ3) is 2.43. The quantitative estimate of drug-likeness (QED) is 0.773. The summed E-state index contributed by atoms with van der Waals surface area (Å²) in [4.78, 5) is 0. The van der Waals surface area contributed by atoms with Crippen molar-refractivity contribution in [3.63, 3.8) is 0 Å². The van der Waals surface area contributed by atoms with Crippen molar-refractivity contribution >= 4 is 0 Å². The molecule has 2 fully saturated rings. The van der Waals surface area contributed by atoms with Crippen LogP contribution in [-0.4, -0.2) is 23.8 Å². The molecule has 2 aliphatic rings. The van der Waals surface area contributed by atoms with Crippen molar-refractivity contribution in [3.05, 3.63) is 0 Å². The lowest BCUT2D eigenvalue weighted by Crippen LogP contribution is -2.42. The van der Waals surface area contributed by atoms with Gasteiger partial charge in [-0.2, -0.15) is 0 Å². The molecule has 2 N–H and O–H groups in total. The topological polar surface area (TPSA) is 32.3 Å². The van der Waals surface area contributed by atoms with Gasteiger partial charge in [-0.05, 0) is 63.2 Å². The Hall–Kier alpha value is -0.0800. The Bertz CT molecular complexity index is 231. The maximum absolute atomic E-state index is 9.01. The molecule has 0 radical (unpaired) electrons. The fraction of sp³-hybridized carbons (Fsp3) is 1.00. The van der Waals surface area contributed by atoms with E-state index in [1.807, 2.05) is 0 Å². The number of rotatable bonds is 3. The number of aliphatic hydroxyl groups excluding tert-OH is 1. The Morgan fingerprint density at radius 2 is 1.94 bits per heavy atom. The van der Waals surface area contributed by atoms with E-state index in [0.29, 0.717) is 18.7 Å². The number of hydrogen-bond acceptors (Lipinski definition) is 2. The summed E-state index contributed by atoms with van der Waals surface area (Å²) >= 11 is 0. The first kappa shape index (κ1) is 12.4. The van der Waals surface area contributed by atoms with Crippen LogP contribution in [0.4, 0.5) is 0 Å². The largest absolute Gasteiger partial charge is 0.396 e. The molecular formula is C14H27NO. The van der Waals surface area contributed by atoms with Crippen LogP contribution in [0.25, 0.3) is 0 Å². The van der Waals surface area contributed by atoms with Crippen molar-refractivity contribution in [2.75, 3.05) is 6.61 Å². The predicted octanol–water partition coefficient (Wildman–Crippen LogP) is 2.42. The second-order valence-corrected chi connectivity index (χ2v) is 6.06. The molecule has 0 amide bonds. The summed E-state index contributed by atoms with van der Waals surface area (Å²) < 4.78 is 0. The van der Waals surface area contributed by atoms with E-state index in [9.17, 15) is 0 Å². The second kappa shape index (κ2) is 5.05. The van der Waals surface area contributed by atoms with Gasteiger partial charge in [0.25, 0.3) is 0 Å². The van der Waals surface area contributed by atoms with Gasteiger partial charge in [-0.3, -0.25) is 0 Å². The van der Waals surface area contributed by atoms with Crippen molar-refractivity contribution in [2.45, 2.75) is 58.5 Å². The van der Waals surface area contributed by atoms with Crippen LogP contribution < -0.4 is 5.32 Å². The minimum absolute atomic E-state index is 0.352. The smallest absolute Gasteiger partial charge is 0.0431 e. The molecule has 94 valence electrons. The van der Waals surface area contributed by atoms with Gasteiger partial charge in [0.1, 0.15) is 0 Å². The summed E-state index contributed by atoms with van der Waals surface area (Å²) in [6.07, 6.45) is 4.91. The lowest BCUT2D eigenvalue weighted by Gasteiger charge is -2.30. The third-order valence-electron chi connectivity index (χ3n) is 4.95. The van der Waals surface area contributed by atoms with E-state index < -0.39 is 0 Å². The average molecular weight is 225 g/mol. The lowest BCUT2D eigenvalue weighted by molar-refractivity contribution is 0.220. The molecule has 0 spiro atoms. The highest BCUT2D eigenvalue weighted by Gasteiger charge is 2.52. The molecule has 1 saturated carbocycles. The van der Waals surface area contributed by atoms with Crippen molar-refractivity contribution in [2.24, 2.45) is 23.7 Å². The van der Waals surface area contributed by atoms with Gasteiger partial charge in [0.15, 0.2) is 0 Å². The van der Waals surface area contributed by atoms with E-state index in [1.54, 1.807) is 0 Å². The molecule has 0 bridgehead atoms. The van der Waals surface area contributed by atoms with E-state index in [1.165, 1.54) is 19.3 Å². The highest BCUT2D eigenvalue weighted by molar-refractivity contribution is 5.02. The molecule has 6 unspecified atom stereocenters. The van der Waals surface area contributed by atoms with E-state index in [-0.39, 0.29) is 0 Å². The zero-order valence-electron chi connectivity index (χ0n) is 10.9. The van der Waals surface area contributed by atoms with Crippen LogP contribution in [0, 0.1) is 23.7 Å². The van der Waals surface area contributed by atoms with Crippen molar-refractivity contribution < 1.29 is 5.11 Å². The summed E-state index contributed by atoms with van der Waals surface area (Å²) in [6, 6.07) is 1.29. The third-order valence-corrected chi connectivity index (χ3v) is 4.95. The average Bonchev–Trinajstić information content (AvgIpc) is 2.85. The summed E-state index contributed by atoms with van der Waals surface area (Å²) in [5.74, 6) is 3.63. The van der Waals surface area contributed by atoms with Gasteiger partial charge < -0.3 is 10.4 Å². The Morgan fingerprint density at radius 3 is 2.62 bits per heavy atom. The minimum Gasteiger partial charge on any atom is -0.396 e. The highest BCUT2D eigenvalue weighted by Crippen LogP contribution is 2.56. The van der Waals surface area contributed by atoms with Gasteiger partial charge in [-0.25, -0.2) is 0 Å². The first-order chi connectivity index (χ1) is 7.65. The molecule has 1 saturated heterocycles. The lowest BCUT2D eigenvalue weighted by atomic mass is 9.86. The zero-order valence-corrected chi connectivity index (χ0v) is 10.9. The van der Waals surface area contributed by atoms with E-state index in [2.05, 4.69) is 26.1 Å². The molecule has 1 aliphatic carbocycles. The Labute approximate surface area is 99.8 Å². The highest BCUT2D eigenvalue weighted by atomic mass is 16.2. The summed E-state index contributed by atoms with van der Waals surface area (Å²) in [6.45, 7) is 7.42. The fourth-order valence-corrected chi connectivity index (χ4v) is 3.94. The summed E-state index contributed by atoms with van der Waals surface area (Å²) in [5.41, 5.74) is 0. The van der Waals surface area contributed by atoms with Crippen LogP contribution in [0.15, 0.2) is 0 Å². The molecular weight excluding hydrogens is 198 g/mol. The van der Waals surface area contributed by atoms with Crippen LogP contribution >= 0.6 is 0 Å². The van der Waals surface area contributed by atoms with Crippen LogP contribution in [0.1, 0.15) is 46.5 Å². The van der Waals surface area contributed by atoms with Crippen LogP contribution in [0.5, 0.6) is 0 Å². The van der Waals surface area contributed by atoms with Crippen molar-refractivity contribution in [1.29, 1.82) is 0 Å². The normalized spacial score (nSPS) is 48.0. The fourth-order valence-electron chi connectivity index (χ4n) is 3.94. The first-order valence-electron chi connectivity index (χ1n) is 7.02. The van der Waals surface area contributed by atoms with E-state index in [0.717, 1.165) is 30.1 Å². The minimum atomic E-state index is 0.352. The zero-order chi connectivity index (χ0) is 11.7. The summed E-state index contributed by atoms with van der Waals surface area (Å²) in [5, 5.41) is 12.7. The summed E-state index contributed by atoms with van der Waals surface area (Å²) in [7, 11) is 0. The van der Waals surface area contributed by atoms with Crippen LogP contribution in [-0.2, 0) is 0 Å². The molecule has 2 rings (SSSR count). The Morgan fingerprint density at radius 1 is 1.19 bits per heavy atom. The maximum Gasteiger partial charge on any atom is 0.0431 e. The van der Waals surface area contributed by atoms with Crippen LogP contribution in [0.2, 0.25) is 0 Å². The molecule has 0 aromatic rings. The molecule has 1 aliphatic heterocycles. The van der Waals surface area contributed by atoms with E-state index >= 15 is 0 Å². The van der Waals surface area contributed by atoms with Gasteiger partial charge in [-0.15, -0.1) is 0 Å².